The van der Waals surface area contributed by atoms with Gasteiger partial charge < -0.3 is 19.7 Å². The van der Waals surface area contributed by atoms with Crippen LogP contribution in [0.25, 0.3) is 0 Å². The van der Waals surface area contributed by atoms with Crippen molar-refractivity contribution in [1.82, 2.24) is 19.8 Å². The maximum absolute atomic E-state index is 13.9. The molecule has 0 saturated carbocycles. The first-order valence-corrected chi connectivity index (χ1v) is 8.72. The zero-order chi connectivity index (χ0) is 18.5. The largest absolute Gasteiger partial charge is 0.366 e. The Hall–Kier alpha value is -1.91. The first-order valence-electron chi connectivity index (χ1n) is 8.72. The summed E-state index contributed by atoms with van der Waals surface area (Å²) in [4.78, 5) is 12.5. The van der Waals surface area contributed by atoms with E-state index in [1.54, 1.807) is 13.2 Å². The maximum atomic E-state index is 13.9. The molecule has 148 valence electrons. The number of aromatic nitrogens is 2. The number of piperazine rings is 1. The van der Waals surface area contributed by atoms with Crippen LogP contribution in [0.5, 0.6) is 0 Å². The Morgan fingerprint density at radius 1 is 1.22 bits per heavy atom. The first-order chi connectivity index (χ1) is 12.6. The Morgan fingerprint density at radius 2 is 1.96 bits per heavy atom. The number of aliphatic imine (C=N–C) groups is 1. The molecule has 0 unspecified atom stereocenters. The monoisotopic (exact) mass is 490 g/mol. The minimum atomic E-state index is -0.420. The number of imidazole rings is 1. The van der Waals surface area contributed by atoms with Crippen LogP contribution >= 0.6 is 24.0 Å². The van der Waals surface area contributed by atoms with Crippen LogP contribution in [0, 0.1) is 18.6 Å². The van der Waals surface area contributed by atoms with Crippen LogP contribution in [0.4, 0.5) is 14.5 Å². The number of nitrogens with zero attached hydrogens (tertiary/aromatic N) is 5. The predicted molar refractivity (Wildman–Crippen MR) is 114 cm³/mol. The second kappa shape index (κ2) is 9.86. The van der Waals surface area contributed by atoms with Crippen LogP contribution in [-0.2, 0) is 6.54 Å². The van der Waals surface area contributed by atoms with Crippen molar-refractivity contribution in [2.75, 3.05) is 44.7 Å². The molecule has 0 spiro atoms. The number of anilines is 1. The predicted octanol–water partition coefficient (Wildman–Crippen LogP) is 2.49. The Labute approximate surface area is 175 Å². The van der Waals surface area contributed by atoms with Gasteiger partial charge in [0.1, 0.15) is 17.5 Å². The molecule has 1 saturated heterocycles. The molecular formula is C18H25F2IN6. The smallest absolute Gasteiger partial charge is 0.193 e. The Bertz CT molecular complexity index is 771. The normalized spacial score (nSPS) is 14.9. The highest BCUT2D eigenvalue weighted by atomic mass is 127. The fourth-order valence-electron chi connectivity index (χ4n) is 3.15. The number of hydrogen-bond donors (Lipinski definition) is 1. The van der Waals surface area contributed by atoms with E-state index in [1.807, 2.05) is 18.0 Å². The molecule has 2 heterocycles. The van der Waals surface area contributed by atoms with Gasteiger partial charge in [0, 0.05) is 64.8 Å². The number of halogens is 3. The van der Waals surface area contributed by atoms with Crippen LogP contribution in [0.1, 0.15) is 5.82 Å². The number of rotatable bonds is 4. The summed E-state index contributed by atoms with van der Waals surface area (Å²) < 4.78 is 29.4. The molecule has 6 nitrogen and oxygen atoms in total. The molecule has 0 amide bonds. The molecule has 2 aromatic rings. The summed E-state index contributed by atoms with van der Waals surface area (Å²) in [6.07, 6.45) is 3.74. The lowest BCUT2D eigenvalue weighted by molar-refractivity contribution is 0.369. The van der Waals surface area contributed by atoms with Gasteiger partial charge in [0.15, 0.2) is 5.96 Å². The third-order valence-corrected chi connectivity index (χ3v) is 4.60. The number of aryl methyl sites for hydroxylation is 1. The molecule has 9 heteroatoms. The van der Waals surface area contributed by atoms with Gasteiger partial charge in [-0.3, -0.25) is 4.99 Å². The third-order valence-electron chi connectivity index (χ3n) is 4.60. The zero-order valence-electron chi connectivity index (χ0n) is 15.5. The molecule has 0 atom stereocenters. The molecule has 1 fully saturated rings. The van der Waals surface area contributed by atoms with Crippen LogP contribution < -0.4 is 10.2 Å². The van der Waals surface area contributed by atoms with E-state index in [4.69, 9.17) is 0 Å². The van der Waals surface area contributed by atoms with E-state index in [1.165, 1.54) is 12.1 Å². The Balaban J connectivity index is 0.00000261. The van der Waals surface area contributed by atoms with Gasteiger partial charge in [-0.1, -0.05) is 0 Å². The molecule has 0 aliphatic carbocycles. The van der Waals surface area contributed by atoms with Crippen molar-refractivity contribution in [3.63, 3.8) is 0 Å². The van der Waals surface area contributed by atoms with Gasteiger partial charge in [-0.2, -0.15) is 0 Å². The van der Waals surface area contributed by atoms with E-state index in [0.717, 1.165) is 30.9 Å². The SMILES string of the molecule is CN=C(NCCn1ccnc1C)N1CCN(c2cc(F)ccc2F)CC1.I. The van der Waals surface area contributed by atoms with Crippen molar-refractivity contribution in [3.8, 4) is 0 Å². The van der Waals surface area contributed by atoms with Crippen molar-refractivity contribution >= 4 is 35.6 Å². The van der Waals surface area contributed by atoms with Crippen molar-refractivity contribution in [2.45, 2.75) is 13.5 Å². The number of nitrogens with one attached hydrogen (secondary N) is 1. The summed E-state index contributed by atoms with van der Waals surface area (Å²) in [6, 6.07) is 3.57. The summed E-state index contributed by atoms with van der Waals surface area (Å²) in [7, 11) is 1.75. The van der Waals surface area contributed by atoms with Crippen LogP contribution in [-0.4, -0.2) is 60.2 Å². The van der Waals surface area contributed by atoms with Gasteiger partial charge in [0.2, 0.25) is 0 Å². The molecule has 3 rings (SSSR count). The minimum Gasteiger partial charge on any atom is -0.366 e. The average Bonchev–Trinajstić information content (AvgIpc) is 3.06. The first kappa shape index (κ1) is 21.4. The zero-order valence-corrected chi connectivity index (χ0v) is 17.9. The van der Waals surface area contributed by atoms with Gasteiger partial charge >= 0.3 is 0 Å². The van der Waals surface area contributed by atoms with E-state index >= 15 is 0 Å². The van der Waals surface area contributed by atoms with Crippen LogP contribution in [0.15, 0.2) is 35.6 Å². The van der Waals surface area contributed by atoms with E-state index in [2.05, 4.69) is 24.8 Å². The summed E-state index contributed by atoms with van der Waals surface area (Å²) in [6.45, 7) is 6.13. The second-order valence-corrected chi connectivity index (χ2v) is 6.21. The number of hydrogen-bond acceptors (Lipinski definition) is 3. The molecule has 1 aromatic heterocycles. The van der Waals surface area contributed by atoms with Gasteiger partial charge in [0.05, 0.1) is 5.69 Å². The fourth-order valence-corrected chi connectivity index (χ4v) is 3.15. The van der Waals surface area contributed by atoms with Gasteiger partial charge in [-0.05, 0) is 19.1 Å². The Kier molecular flexibility index (Phi) is 7.81. The molecule has 1 aliphatic rings. The van der Waals surface area contributed by atoms with E-state index in [-0.39, 0.29) is 24.0 Å². The molecule has 0 radical (unpaired) electrons. The third kappa shape index (κ3) is 5.30. The number of benzene rings is 1. The van der Waals surface area contributed by atoms with E-state index in [9.17, 15) is 8.78 Å². The summed E-state index contributed by atoms with van der Waals surface area (Å²) >= 11 is 0. The maximum Gasteiger partial charge on any atom is 0.193 e. The van der Waals surface area contributed by atoms with Gasteiger partial charge in [-0.15, -0.1) is 24.0 Å². The molecular weight excluding hydrogens is 465 g/mol. The van der Waals surface area contributed by atoms with Crippen LogP contribution in [0.3, 0.4) is 0 Å². The molecule has 27 heavy (non-hydrogen) atoms. The van der Waals surface area contributed by atoms with Crippen molar-refractivity contribution in [3.05, 3.63) is 48.1 Å². The highest BCUT2D eigenvalue weighted by Crippen LogP contribution is 2.21. The Morgan fingerprint density at radius 3 is 2.59 bits per heavy atom. The lowest BCUT2D eigenvalue weighted by Crippen LogP contribution is -2.53. The molecule has 1 aromatic carbocycles. The highest BCUT2D eigenvalue weighted by Gasteiger charge is 2.21. The lowest BCUT2D eigenvalue weighted by Gasteiger charge is -2.37. The van der Waals surface area contributed by atoms with Crippen LogP contribution in [0.2, 0.25) is 0 Å². The van der Waals surface area contributed by atoms with Crippen molar-refractivity contribution < 1.29 is 8.78 Å². The molecule has 0 bridgehead atoms. The van der Waals surface area contributed by atoms with Crippen molar-refractivity contribution in [1.29, 1.82) is 0 Å². The molecule has 1 aliphatic heterocycles. The topological polar surface area (TPSA) is 48.7 Å². The fraction of sp³-hybridized carbons (Fsp3) is 0.444. The standard InChI is InChI=1S/C18H24F2N6.HI/c1-14-22-5-7-24(14)8-6-23-18(21-2)26-11-9-25(10-12-26)17-13-15(19)3-4-16(17)20;/h3-5,7,13H,6,8-12H2,1-2H3,(H,21,23);1H. The van der Waals surface area contributed by atoms with Gasteiger partial charge in [0.25, 0.3) is 0 Å². The van der Waals surface area contributed by atoms with Crippen molar-refractivity contribution in [2.24, 2.45) is 4.99 Å². The quantitative estimate of drug-likeness (QED) is 0.407. The highest BCUT2D eigenvalue weighted by molar-refractivity contribution is 14.0. The lowest BCUT2D eigenvalue weighted by atomic mass is 10.2. The summed E-state index contributed by atoms with van der Waals surface area (Å²) in [5.74, 6) is 0.990. The summed E-state index contributed by atoms with van der Waals surface area (Å²) in [5.41, 5.74) is 0.322. The molecule has 1 N–H and O–H groups in total. The second-order valence-electron chi connectivity index (χ2n) is 6.21. The summed E-state index contributed by atoms with van der Waals surface area (Å²) in [5, 5.41) is 3.35. The average molecular weight is 490 g/mol. The van der Waals surface area contributed by atoms with Gasteiger partial charge in [-0.25, -0.2) is 13.8 Å². The number of guanidine groups is 1. The van der Waals surface area contributed by atoms with E-state index < -0.39 is 11.6 Å². The van der Waals surface area contributed by atoms with E-state index in [0.29, 0.717) is 31.9 Å². The minimum absolute atomic E-state index is 0.